The predicted molar refractivity (Wildman–Crippen MR) is 78.2 cm³/mol. The van der Waals surface area contributed by atoms with Crippen LogP contribution in [0.3, 0.4) is 0 Å². The van der Waals surface area contributed by atoms with E-state index in [0.29, 0.717) is 6.54 Å². The number of hydrogen-bond donors (Lipinski definition) is 1. The first kappa shape index (κ1) is 16.9. The molecule has 0 unspecified atom stereocenters. The van der Waals surface area contributed by atoms with Crippen molar-refractivity contribution in [2.24, 2.45) is 0 Å². The van der Waals surface area contributed by atoms with Gasteiger partial charge in [0.25, 0.3) is 0 Å². The lowest BCUT2D eigenvalue weighted by atomic mass is 10.2. The van der Waals surface area contributed by atoms with Crippen LogP contribution in [-0.4, -0.2) is 32.6 Å². The van der Waals surface area contributed by atoms with Crippen molar-refractivity contribution in [2.75, 3.05) is 19.4 Å². The second-order valence-corrected chi connectivity index (χ2v) is 8.44. The first-order chi connectivity index (χ1) is 9.17. The van der Waals surface area contributed by atoms with Crippen molar-refractivity contribution in [2.45, 2.75) is 32.1 Å². The quantitative estimate of drug-likeness (QED) is 0.875. The Bertz CT molecular complexity index is 550. The summed E-state index contributed by atoms with van der Waals surface area (Å²) in [6, 6.07) is 4.64. The topological polar surface area (TPSA) is 55.4 Å². The first-order valence-corrected chi connectivity index (χ1v) is 8.11. The number of benzene rings is 1. The summed E-state index contributed by atoms with van der Waals surface area (Å²) in [7, 11) is -1.48. The molecule has 0 fully saturated rings. The fraction of sp³-hybridized carbons (Fsp3) is 0.571. The smallest absolute Gasteiger partial charge is 0.165 e. The van der Waals surface area contributed by atoms with Crippen molar-refractivity contribution in [3.8, 4) is 5.75 Å². The summed E-state index contributed by atoms with van der Waals surface area (Å²) < 4.78 is 41.9. The number of sulfone groups is 1. The van der Waals surface area contributed by atoms with Crippen LogP contribution < -0.4 is 10.1 Å². The Kier molecular flexibility index (Phi) is 5.53. The Morgan fingerprint density at radius 2 is 1.95 bits per heavy atom. The third kappa shape index (κ3) is 4.45. The van der Waals surface area contributed by atoms with Crippen molar-refractivity contribution in [1.82, 2.24) is 5.32 Å². The Hall–Kier alpha value is -1.14. The second kappa shape index (κ2) is 6.54. The summed E-state index contributed by atoms with van der Waals surface area (Å²) in [5, 5.41) is 2.92. The van der Waals surface area contributed by atoms with Crippen LogP contribution in [0.1, 0.15) is 26.3 Å². The van der Waals surface area contributed by atoms with Gasteiger partial charge >= 0.3 is 0 Å². The number of hydrogen-bond acceptors (Lipinski definition) is 4. The minimum Gasteiger partial charge on any atom is -0.489 e. The van der Waals surface area contributed by atoms with Gasteiger partial charge < -0.3 is 10.1 Å². The van der Waals surface area contributed by atoms with E-state index in [1.54, 1.807) is 33.9 Å². The molecule has 0 aliphatic rings. The average molecular weight is 303 g/mol. The third-order valence-corrected chi connectivity index (χ3v) is 5.49. The molecular weight excluding hydrogens is 281 g/mol. The Balaban J connectivity index is 2.63. The number of nitrogens with one attached hydrogen (secondary N) is 1. The zero-order valence-electron chi connectivity index (χ0n) is 12.4. The van der Waals surface area contributed by atoms with Gasteiger partial charge in [0.1, 0.15) is 6.61 Å². The molecule has 0 bridgehead atoms. The molecule has 6 heteroatoms. The van der Waals surface area contributed by atoms with E-state index in [-0.39, 0.29) is 18.1 Å². The van der Waals surface area contributed by atoms with Gasteiger partial charge in [-0.3, -0.25) is 0 Å². The van der Waals surface area contributed by atoms with E-state index < -0.39 is 20.4 Å². The molecule has 1 aromatic rings. The van der Waals surface area contributed by atoms with Gasteiger partial charge in [-0.25, -0.2) is 12.8 Å². The van der Waals surface area contributed by atoms with E-state index in [4.69, 9.17) is 4.74 Å². The van der Waals surface area contributed by atoms with Crippen molar-refractivity contribution in [3.63, 3.8) is 0 Å². The number of halogens is 1. The highest BCUT2D eigenvalue weighted by molar-refractivity contribution is 7.92. The Morgan fingerprint density at radius 1 is 1.30 bits per heavy atom. The Morgan fingerprint density at radius 3 is 2.45 bits per heavy atom. The molecule has 0 radical (unpaired) electrons. The molecular formula is C14H22FNO3S. The maximum Gasteiger partial charge on any atom is 0.165 e. The van der Waals surface area contributed by atoms with Crippen LogP contribution in [0.4, 0.5) is 4.39 Å². The van der Waals surface area contributed by atoms with Gasteiger partial charge in [0.15, 0.2) is 21.4 Å². The maximum absolute atomic E-state index is 13.7. The van der Waals surface area contributed by atoms with E-state index in [1.807, 2.05) is 0 Å². The second-order valence-electron chi connectivity index (χ2n) is 5.57. The minimum absolute atomic E-state index is 0.0537. The molecule has 1 rings (SSSR count). The molecule has 0 heterocycles. The van der Waals surface area contributed by atoms with E-state index in [9.17, 15) is 12.8 Å². The van der Waals surface area contributed by atoms with Crippen molar-refractivity contribution in [1.29, 1.82) is 0 Å². The highest BCUT2D eigenvalue weighted by Gasteiger charge is 2.28. The molecule has 0 saturated heterocycles. The van der Waals surface area contributed by atoms with Crippen molar-refractivity contribution in [3.05, 3.63) is 29.6 Å². The zero-order valence-corrected chi connectivity index (χ0v) is 13.2. The molecule has 0 saturated carbocycles. The summed E-state index contributed by atoms with van der Waals surface area (Å²) in [6.07, 6.45) is 0. The van der Waals surface area contributed by atoms with Crippen molar-refractivity contribution >= 4 is 9.84 Å². The molecule has 0 aliphatic heterocycles. The fourth-order valence-electron chi connectivity index (χ4n) is 1.54. The molecule has 0 amide bonds. The Labute approximate surface area is 120 Å². The summed E-state index contributed by atoms with van der Waals surface area (Å²) in [5.74, 6) is -0.534. The lowest BCUT2D eigenvalue weighted by Crippen LogP contribution is -2.32. The molecule has 0 aromatic heterocycles. The van der Waals surface area contributed by atoms with Crippen LogP contribution >= 0.6 is 0 Å². The molecule has 0 atom stereocenters. The van der Waals surface area contributed by atoms with Crippen LogP contribution in [0.2, 0.25) is 0 Å². The highest BCUT2D eigenvalue weighted by Crippen LogP contribution is 2.20. The first-order valence-electron chi connectivity index (χ1n) is 6.45. The SMILES string of the molecule is CNCc1ccc(OCCS(=O)(=O)C(C)(C)C)c(F)c1. The summed E-state index contributed by atoms with van der Waals surface area (Å²) in [4.78, 5) is 0. The van der Waals surface area contributed by atoms with Gasteiger partial charge in [0.05, 0.1) is 10.5 Å². The van der Waals surface area contributed by atoms with Crippen LogP contribution in [-0.2, 0) is 16.4 Å². The lowest BCUT2D eigenvalue weighted by Gasteiger charge is -2.19. The van der Waals surface area contributed by atoms with Gasteiger partial charge in [-0.2, -0.15) is 0 Å². The molecule has 1 aromatic carbocycles. The minimum atomic E-state index is -3.25. The van der Waals surface area contributed by atoms with Gasteiger partial charge in [-0.1, -0.05) is 6.07 Å². The molecule has 0 aliphatic carbocycles. The number of ether oxygens (including phenoxy) is 1. The van der Waals surface area contributed by atoms with E-state index in [2.05, 4.69) is 5.32 Å². The largest absolute Gasteiger partial charge is 0.489 e. The summed E-state index contributed by atoms with van der Waals surface area (Å²) in [6.45, 7) is 5.41. The van der Waals surface area contributed by atoms with Crippen LogP contribution in [0.25, 0.3) is 0 Å². The maximum atomic E-state index is 13.7. The van der Waals surface area contributed by atoms with Crippen molar-refractivity contribution < 1.29 is 17.5 Å². The van der Waals surface area contributed by atoms with Gasteiger partial charge in [-0.15, -0.1) is 0 Å². The third-order valence-electron chi connectivity index (χ3n) is 2.92. The zero-order chi connectivity index (χ0) is 15.4. The average Bonchev–Trinajstić information content (AvgIpc) is 2.30. The summed E-state index contributed by atoms with van der Waals surface area (Å²) >= 11 is 0. The van der Waals surface area contributed by atoms with E-state index in [1.165, 1.54) is 12.1 Å². The highest BCUT2D eigenvalue weighted by atomic mass is 32.2. The molecule has 114 valence electrons. The molecule has 0 spiro atoms. The van der Waals surface area contributed by atoms with E-state index in [0.717, 1.165) is 5.56 Å². The normalized spacial score (nSPS) is 12.4. The predicted octanol–water partition coefficient (Wildman–Crippen LogP) is 2.14. The monoisotopic (exact) mass is 303 g/mol. The van der Waals surface area contributed by atoms with Gasteiger partial charge in [0, 0.05) is 6.54 Å². The van der Waals surface area contributed by atoms with Crippen LogP contribution in [0.15, 0.2) is 18.2 Å². The van der Waals surface area contributed by atoms with Crippen LogP contribution in [0, 0.1) is 5.82 Å². The summed E-state index contributed by atoms with van der Waals surface area (Å²) in [5.41, 5.74) is 0.805. The molecule has 4 nitrogen and oxygen atoms in total. The fourth-order valence-corrected chi connectivity index (χ4v) is 2.46. The van der Waals surface area contributed by atoms with Gasteiger partial charge in [0.2, 0.25) is 0 Å². The van der Waals surface area contributed by atoms with Crippen LogP contribution in [0.5, 0.6) is 5.75 Å². The standard InChI is InChI=1S/C14H22FNO3S/c1-14(2,3)20(17,18)8-7-19-13-6-5-11(10-16-4)9-12(13)15/h5-6,9,16H,7-8,10H2,1-4H3. The molecule has 1 N–H and O–H groups in total. The lowest BCUT2D eigenvalue weighted by molar-refractivity contribution is 0.321. The number of rotatable bonds is 6. The molecule has 20 heavy (non-hydrogen) atoms. The van der Waals surface area contributed by atoms with Gasteiger partial charge in [-0.05, 0) is 45.5 Å². The van der Waals surface area contributed by atoms with E-state index >= 15 is 0 Å².